The largest absolute Gasteiger partial charge is 0.360 e. The van der Waals surface area contributed by atoms with Crippen LogP contribution in [0.1, 0.15) is 5.56 Å². The van der Waals surface area contributed by atoms with E-state index in [-0.39, 0.29) is 5.57 Å². The van der Waals surface area contributed by atoms with Gasteiger partial charge in [0, 0.05) is 11.9 Å². The van der Waals surface area contributed by atoms with E-state index in [0.29, 0.717) is 0 Å². The minimum atomic E-state index is 0.00669. The van der Waals surface area contributed by atoms with Crippen LogP contribution in [0.2, 0.25) is 0 Å². The fourth-order valence-electron chi connectivity index (χ4n) is 1.43. The molecule has 7 nitrogen and oxygen atoms in total. The number of aromatic nitrogens is 4. The van der Waals surface area contributed by atoms with Gasteiger partial charge in [0.2, 0.25) is 0 Å². The van der Waals surface area contributed by atoms with Crippen molar-refractivity contribution < 1.29 is 0 Å². The minimum absolute atomic E-state index is 0.00669. The van der Waals surface area contributed by atoms with Crippen molar-refractivity contribution >= 4 is 5.69 Å². The van der Waals surface area contributed by atoms with Crippen LogP contribution >= 0.6 is 0 Å². The van der Waals surface area contributed by atoms with Crippen molar-refractivity contribution in [3.8, 4) is 17.8 Å². The molecule has 0 fully saturated rings. The molecule has 0 saturated heterocycles. The summed E-state index contributed by atoms with van der Waals surface area (Å²) in [5.41, 5.74) is 2.54. The molecule has 0 atom stereocenters. The van der Waals surface area contributed by atoms with Gasteiger partial charge in [0.05, 0.1) is 5.69 Å². The fraction of sp³-hybridized carbons (Fsp3) is 0.0833. The zero-order valence-electron chi connectivity index (χ0n) is 10.1. The molecule has 2 aromatic rings. The predicted molar refractivity (Wildman–Crippen MR) is 66.8 cm³/mol. The van der Waals surface area contributed by atoms with Crippen molar-refractivity contribution in [1.82, 2.24) is 20.2 Å². The molecule has 0 saturated carbocycles. The van der Waals surface area contributed by atoms with Gasteiger partial charge < -0.3 is 5.32 Å². The number of hydrogen-bond donors (Lipinski definition) is 1. The Bertz CT molecular complexity index is 670. The molecule has 1 aromatic heterocycles. The number of benzene rings is 1. The van der Waals surface area contributed by atoms with Gasteiger partial charge in [-0.15, -0.1) is 5.10 Å². The summed E-state index contributed by atoms with van der Waals surface area (Å²) in [5, 5.41) is 31.2. The van der Waals surface area contributed by atoms with Crippen LogP contribution < -0.4 is 5.32 Å². The lowest BCUT2D eigenvalue weighted by atomic mass is 10.2. The van der Waals surface area contributed by atoms with Gasteiger partial charge in [-0.2, -0.15) is 10.5 Å². The second kappa shape index (κ2) is 5.43. The van der Waals surface area contributed by atoms with Crippen molar-refractivity contribution in [2.45, 2.75) is 6.92 Å². The Labute approximate surface area is 109 Å². The molecule has 0 spiro atoms. The Morgan fingerprint density at radius 1 is 1.37 bits per heavy atom. The summed E-state index contributed by atoms with van der Waals surface area (Å²) in [6.45, 7) is 1.91. The molecule has 2 rings (SSSR count). The minimum Gasteiger partial charge on any atom is -0.360 e. The third-order valence-corrected chi connectivity index (χ3v) is 2.45. The molecule has 0 aliphatic heterocycles. The van der Waals surface area contributed by atoms with Gasteiger partial charge in [0.25, 0.3) is 0 Å². The van der Waals surface area contributed by atoms with Crippen molar-refractivity contribution in [2.24, 2.45) is 0 Å². The highest BCUT2D eigenvalue weighted by atomic mass is 15.5. The van der Waals surface area contributed by atoms with Gasteiger partial charge in [0.15, 0.2) is 0 Å². The second-order valence-electron chi connectivity index (χ2n) is 3.68. The predicted octanol–water partition coefficient (Wildman–Crippen LogP) is 1.31. The summed E-state index contributed by atoms with van der Waals surface area (Å²) in [4.78, 5) is 0. The van der Waals surface area contributed by atoms with Crippen molar-refractivity contribution in [3.63, 3.8) is 0 Å². The normalized spacial score (nSPS) is 9.21. The van der Waals surface area contributed by atoms with Crippen molar-refractivity contribution in [1.29, 1.82) is 10.5 Å². The van der Waals surface area contributed by atoms with E-state index >= 15 is 0 Å². The van der Waals surface area contributed by atoms with E-state index in [4.69, 9.17) is 10.5 Å². The summed E-state index contributed by atoms with van der Waals surface area (Å²) in [7, 11) is 0. The van der Waals surface area contributed by atoms with Crippen LogP contribution in [0.15, 0.2) is 36.3 Å². The highest BCUT2D eigenvalue weighted by Gasteiger charge is 2.02. The molecule has 0 bridgehead atoms. The van der Waals surface area contributed by atoms with E-state index in [1.165, 1.54) is 17.2 Å². The quantitative estimate of drug-likeness (QED) is 0.825. The first-order chi connectivity index (χ1) is 9.24. The van der Waals surface area contributed by atoms with E-state index in [1.54, 1.807) is 12.1 Å². The monoisotopic (exact) mass is 251 g/mol. The highest BCUT2D eigenvalue weighted by molar-refractivity contribution is 5.59. The lowest BCUT2D eigenvalue weighted by Gasteiger charge is -2.07. The Kier molecular flexibility index (Phi) is 3.51. The number of nitrogens with one attached hydrogen (secondary N) is 1. The van der Waals surface area contributed by atoms with Crippen molar-refractivity contribution in [2.75, 3.05) is 5.32 Å². The van der Waals surface area contributed by atoms with Crippen LogP contribution in [0.25, 0.3) is 5.69 Å². The first kappa shape index (κ1) is 12.3. The zero-order valence-corrected chi connectivity index (χ0v) is 10.1. The van der Waals surface area contributed by atoms with Gasteiger partial charge in [-0.25, -0.2) is 4.68 Å². The highest BCUT2D eigenvalue weighted by Crippen LogP contribution is 2.19. The maximum absolute atomic E-state index is 8.67. The maximum Gasteiger partial charge on any atom is 0.145 e. The summed E-state index contributed by atoms with van der Waals surface area (Å²) >= 11 is 0. The maximum atomic E-state index is 8.67. The molecule has 1 heterocycles. The molecule has 0 aliphatic carbocycles. The summed E-state index contributed by atoms with van der Waals surface area (Å²) in [6, 6.07) is 9.16. The molecule has 0 amide bonds. The third-order valence-electron chi connectivity index (χ3n) is 2.45. The summed E-state index contributed by atoms with van der Waals surface area (Å²) < 4.78 is 1.52. The van der Waals surface area contributed by atoms with Gasteiger partial charge in [0.1, 0.15) is 24.0 Å². The average molecular weight is 251 g/mol. The SMILES string of the molecule is Cc1ccc(-n2cnnn2)cc1NC=C(C#N)C#N. The van der Waals surface area contributed by atoms with E-state index in [1.807, 2.05) is 25.1 Å². The topological polar surface area (TPSA) is 103 Å². The van der Waals surface area contributed by atoms with Gasteiger partial charge in [-0.05, 0) is 35.0 Å². The van der Waals surface area contributed by atoms with Crippen molar-refractivity contribution in [3.05, 3.63) is 41.9 Å². The number of tetrazole rings is 1. The van der Waals surface area contributed by atoms with Crippen LogP contribution in [-0.4, -0.2) is 20.2 Å². The Hall–Kier alpha value is -3.19. The van der Waals surface area contributed by atoms with Gasteiger partial charge in [-0.3, -0.25) is 0 Å². The summed E-state index contributed by atoms with van der Waals surface area (Å²) in [6.07, 6.45) is 2.85. The zero-order chi connectivity index (χ0) is 13.7. The number of anilines is 1. The Morgan fingerprint density at radius 3 is 2.79 bits per heavy atom. The Morgan fingerprint density at radius 2 is 2.16 bits per heavy atom. The molecule has 0 aliphatic rings. The number of rotatable bonds is 3. The molecule has 0 radical (unpaired) electrons. The van der Waals surface area contributed by atoms with Gasteiger partial charge in [-0.1, -0.05) is 6.07 Å². The molecule has 1 aromatic carbocycles. The molecular formula is C12H9N7. The van der Waals surface area contributed by atoms with Crippen LogP contribution in [0.3, 0.4) is 0 Å². The number of hydrogen-bond acceptors (Lipinski definition) is 6. The molecular weight excluding hydrogens is 242 g/mol. The number of nitriles is 2. The van der Waals surface area contributed by atoms with Crippen LogP contribution in [0.5, 0.6) is 0 Å². The lowest BCUT2D eigenvalue weighted by molar-refractivity contribution is 0.789. The second-order valence-corrected chi connectivity index (χ2v) is 3.68. The third kappa shape index (κ3) is 2.73. The fourth-order valence-corrected chi connectivity index (χ4v) is 1.43. The molecule has 92 valence electrons. The van der Waals surface area contributed by atoms with Gasteiger partial charge >= 0.3 is 0 Å². The van der Waals surface area contributed by atoms with E-state index < -0.39 is 0 Å². The molecule has 0 unspecified atom stereocenters. The molecule has 1 N–H and O–H groups in total. The van der Waals surface area contributed by atoms with E-state index in [9.17, 15) is 0 Å². The van der Waals surface area contributed by atoms with E-state index in [2.05, 4.69) is 20.8 Å². The number of allylic oxidation sites excluding steroid dienone is 1. The smallest absolute Gasteiger partial charge is 0.145 e. The van der Waals surface area contributed by atoms with Crippen LogP contribution in [0.4, 0.5) is 5.69 Å². The van der Waals surface area contributed by atoms with E-state index in [0.717, 1.165) is 16.9 Å². The summed E-state index contributed by atoms with van der Waals surface area (Å²) in [5.74, 6) is 0. The first-order valence-electron chi connectivity index (χ1n) is 5.35. The van der Waals surface area contributed by atoms with Crippen LogP contribution in [0, 0.1) is 29.6 Å². The standard InChI is InChI=1S/C12H9N7/c1-9-2-3-11(19-8-16-17-18-19)4-12(9)15-7-10(5-13)6-14/h2-4,7-8,15H,1H3. The first-order valence-corrected chi connectivity index (χ1v) is 5.35. The number of nitrogens with zero attached hydrogens (tertiary/aromatic N) is 6. The Balaban J connectivity index is 2.32. The average Bonchev–Trinajstić information content (AvgIpc) is 2.96. The molecule has 19 heavy (non-hydrogen) atoms. The molecule has 7 heteroatoms. The number of aryl methyl sites for hydroxylation is 1. The van der Waals surface area contributed by atoms with Crippen LogP contribution in [-0.2, 0) is 0 Å². The lowest BCUT2D eigenvalue weighted by Crippen LogP contribution is -1.98.